The van der Waals surface area contributed by atoms with Gasteiger partial charge in [0.05, 0.1) is 10.0 Å². The maximum absolute atomic E-state index is 12.5. The minimum Gasteiger partial charge on any atom is -0.254 e. The Kier molecular flexibility index (Phi) is 3.76. The molecular formula is C17H19ClN2O2S3. The molecule has 4 aliphatic carbocycles. The molecule has 4 nitrogen and oxygen atoms in total. The molecule has 25 heavy (non-hydrogen) atoms. The van der Waals surface area contributed by atoms with Crippen molar-refractivity contribution in [2.75, 3.05) is 4.72 Å². The molecular weight excluding hydrogens is 396 g/mol. The quantitative estimate of drug-likeness (QED) is 0.754. The van der Waals surface area contributed by atoms with Gasteiger partial charge in [0.2, 0.25) is 0 Å². The van der Waals surface area contributed by atoms with E-state index in [2.05, 4.69) is 10.1 Å². The molecule has 0 saturated heterocycles. The summed E-state index contributed by atoms with van der Waals surface area (Å²) in [6, 6.07) is 3.13. The van der Waals surface area contributed by atoms with Crippen LogP contribution in [-0.4, -0.2) is 13.4 Å². The van der Waals surface area contributed by atoms with E-state index >= 15 is 0 Å². The van der Waals surface area contributed by atoms with Gasteiger partial charge in [-0.2, -0.15) is 0 Å². The third kappa shape index (κ3) is 2.83. The zero-order valence-corrected chi connectivity index (χ0v) is 16.8. The highest BCUT2D eigenvalue weighted by molar-refractivity contribution is 7.94. The van der Waals surface area contributed by atoms with Gasteiger partial charge in [-0.15, -0.1) is 22.7 Å². The lowest BCUT2D eigenvalue weighted by atomic mass is 9.49. The zero-order valence-electron chi connectivity index (χ0n) is 13.6. The fourth-order valence-electron chi connectivity index (χ4n) is 5.60. The highest BCUT2D eigenvalue weighted by atomic mass is 35.5. The van der Waals surface area contributed by atoms with E-state index in [1.54, 1.807) is 6.07 Å². The van der Waals surface area contributed by atoms with E-state index < -0.39 is 10.0 Å². The van der Waals surface area contributed by atoms with Crippen molar-refractivity contribution in [1.82, 2.24) is 4.98 Å². The van der Waals surface area contributed by atoms with Gasteiger partial charge in [-0.05, 0) is 68.4 Å². The van der Waals surface area contributed by atoms with Crippen LogP contribution in [0.1, 0.15) is 44.2 Å². The average molecular weight is 415 g/mol. The number of nitrogens with zero attached hydrogens (tertiary/aromatic N) is 1. The second kappa shape index (κ2) is 5.68. The molecule has 4 bridgehead atoms. The van der Waals surface area contributed by atoms with Crippen molar-refractivity contribution >= 4 is 49.4 Å². The van der Waals surface area contributed by atoms with Crippen LogP contribution in [-0.2, 0) is 15.4 Å². The predicted molar refractivity (Wildman–Crippen MR) is 102 cm³/mol. The standard InChI is InChI=1S/C17H19ClN2O2S3/c18-14-1-2-15(24-14)25(21,22)20-16-19-13(9-23-16)17-6-10-3-11(7-17)5-12(4-10)8-17/h1-2,9-12H,3-8H2,(H,19,20). The summed E-state index contributed by atoms with van der Waals surface area (Å²) >= 11 is 8.32. The van der Waals surface area contributed by atoms with Crippen molar-refractivity contribution in [2.45, 2.75) is 48.1 Å². The lowest BCUT2D eigenvalue weighted by Gasteiger charge is -2.56. The van der Waals surface area contributed by atoms with Gasteiger partial charge in [0.1, 0.15) is 4.21 Å². The normalized spacial score (nSPS) is 33.7. The average Bonchev–Trinajstić information content (AvgIpc) is 3.15. The number of hydrogen-bond acceptors (Lipinski definition) is 5. The Morgan fingerprint density at radius 3 is 2.32 bits per heavy atom. The number of rotatable bonds is 4. The van der Waals surface area contributed by atoms with Crippen LogP contribution >= 0.6 is 34.3 Å². The number of aromatic nitrogens is 1. The molecule has 0 aromatic carbocycles. The first-order valence-corrected chi connectivity index (χ1v) is 12.2. The number of anilines is 1. The molecule has 0 spiro atoms. The van der Waals surface area contributed by atoms with Crippen molar-refractivity contribution in [2.24, 2.45) is 17.8 Å². The number of halogens is 1. The molecule has 4 aliphatic rings. The van der Waals surface area contributed by atoms with E-state index in [9.17, 15) is 8.42 Å². The second-order valence-electron chi connectivity index (χ2n) is 7.90. The van der Waals surface area contributed by atoms with Crippen LogP contribution in [0.2, 0.25) is 4.34 Å². The lowest BCUT2D eigenvalue weighted by molar-refractivity contribution is -0.00688. The Hall–Kier alpha value is -0.630. The fourth-order valence-corrected chi connectivity index (χ4v) is 9.16. The molecule has 1 N–H and O–H groups in total. The number of thiazole rings is 1. The maximum atomic E-state index is 12.5. The summed E-state index contributed by atoms with van der Waals surface area (Å²) in [5, 5.41) is 2.54. The topological polar surface area (TPSA) is 59.1 Å². The number of hydrogen-bond donors (Lipinski definition) is 1. The van der Waals surface area contributed by atoms with Gasteiger partial charge in [-0.25, -0.2) is 13.4 Å². The van der Waals surface area contributed by atoms with Crippen molar-refractivity contribution in [3.63, 3.8) is 0 Å². The van der Waals surface area contributed by atoms with Crippen LogP contribution in [0, 0.1) is 17.8 Å². The molecule has 2 heterocycles. The SMILES string of the molecule is O=S(=O)(Nc1nc(C23CC4CC(CC(C4)C2)C3)cs1)c1ccc(Cl)s1. The summed E-state index contributed by atoms with van der Waals surface area (Å²) in [4.78, 5) is 4.72. The van der Waals surface area contributed by atoms with Gasteiger partial charge in [0, 0.05) is 10.8 Å². The summed E-state index contributed by atoms with van der Waals surface area (Å²) in [6.45, 7) is 0. The van der Waals surface area contributed by atoms with Crippen molar-refractivity contribution in [1.29, 1.82) is 0 Å². The first-order valence-electron chi connectivity index (χ1n) is 8.66. The maximum Gasteiger partial charge on any atom is 0.273 e. The van der Waals surface area contributed by atoms with Crippen molar-refractivity contribution < 1.29 is 8.42 Å². The molecule has 4 fully saturated rings. The van der Waals surface area contributed by atoms with E-state index in [-0.39, 0.29) is 9.62 Å². The highest BCUT2D eigenvalue weighted by Crippen LogP contribution is 2.60. The van der Waals surface area contributed by atoms with Crippen LogP contribution in [0.5, 0.6) is 0 Å². The summed E-state index contributed by atoms with van der Waals surface area (Å²) in [6.07, 6.45) is 7.87. The monoisotopic (exact) mass is 414 g/mol. The molecule has 2 aromatic heterocycles. The van der Waals surface area contributed by atoms with E-state index in [0.717, 1.165) is 34.8 Å². The lowest BCUT2D eigenvalue weighted by Crippen LogP contribution is -2.48. The summed E-state index contributed by atoms with van der Waals surface area (Å²) in [5.74, 6) is 2.55. The third-order valence-electron chi connectivity index (χ3n) is 6.12. The Morgan fingerprint density at radius 2 is 1.76 bits per heavy atom. The Balaban J connectivity index is 1.41. The summed E-state index contributed by atoms with van der Waals surface area (Å²) in [7, 11) is -3.60. The van der Waals surface area contributed by atoms with E-state index in [1.165, 1.54) is 55.9 Å². The minimum absolute atomic E-state index is 0.196. The minimum atomic E-state index is -3.60. The van der Waals surface area contributed by atoms with Gasteiger partial charge in [-0.3, -0.25) is 4.72 Å². The van der Waals surface area contributed by atoms with E-state index in [4.69, 9.17) is 16.6 Å². The van der Waals surface area contributed by atoms with Crippen molar-refractivity contribution in [3.8, 4) is 0 Å². The van der Waals surface area contributed by atoms with E-state index in [1.807, 2.05) is 0 Å². The van der Waals surface area contributed by atoms with Gasteiger partial charge < -0.3 is 0 Å². The van der Waals surface area contributed by atoms with Crippen LogP contribution in [0.3, 0.4) is 0 Å². The molecule has 0 aliphatic heterocycles. The molecule has 4 saturated carbocycles. The first kappa shape index (κ1) is 16.5. The molecule has 0 unspecified atom stereocenters. The van der Waals surface area contributed by atoms with E-state index in [0.29, 0.717) is 9.47 Å². The molecule has 0 amide bonds. The molecule has 0 radical (unpaired) electrons. The number of thiophene rings is 1. The smallest absolute Gasteiger partial charge is 0.254 e. The van der Waals surface area contributed by atoms with Crippen LogP contribution in [0.15, 0.2) is 21.7 Å². The molecule has 6 rings (SSSR count). The molecule has 8 heteroatoms. The molecule has 0 atom stereocenters. The van der Waals surface area contributed by atoms with Crippen LogP contribution < -0.4 is 4.72 Å². The molecule has 134 valence electrons. The third-order valence-corrected chi connectivity index (χ3v) is 10.1. The van der Waals surface area contributed by atoms with Crippen molar-refractivity contribution in [3.05, 3.63) is 27.5 Å². The fraction of sp³-hybridized carbons (Fsp3) is 0.588. The summed E-state index contributed by atoms with van der Waals surface area (Å²) in [5.41, 5.74) is 1.31. The summed E-state index contributed by atoms with van der Waals surface area (Å²) < 4.78 is 28.3. The Morgan fingerprint density at radius 1 is 1.12 bits per heavy atom. The highest BCUT2D eigenvalue weighted by Gasteiger charge is 2.52. The Labute approximate surface area is 160 Å². The van der Waals surface area contributed by atoms with Gasteiger partial charge >= 0.3 is 0 Å². The van der Waals surface area contributed by atoms with Crippen LogP contribution in [0.4, 0.5) is 5.13 Å². The largest absolute Gasteiger partial charge is 0.273 e. The zero-order chi connectivity index (χ0) is 17.2. The first-order chi connectivity index (χ1) is 11.9. The predicted octanol–water partition coefficient (Wildman–Crippen LogP) is 5.13. The number of sulfonamides is 1. The van der Waals surface area contributed by atoms with Gasteiger partial charge in [0.25, 0.3) is 10.0 Å². The van der Waals surface area contributed by atoms with Gasteiger partial charge in [0.15, 0.2) is 5.13 Å². The molecule has 2 aromatic rings. The van der Waals surface area contributed by atoms with Crippen LogP contribution in [0.25, 0.3) is 0 Å². The number of nitrogens with one attached hydrogen (secondary N) is 1. The second-order valence-corrected chi connectivity index (χ2v) is 12.4. The Bertz CT molecular complexity index is 883. The van der Waals surface area contributed by atoms with Gasteiger partial charge in [-0.1, -0.05) is 11.6 Å².